The van der Waals surface area contributed by atoms with E-state index in [1.54, 1.807) is 12.1 Å². The van der Waals surface area contributed by atoms with Crippen LogP contribution in [0.25, 0.3) is 0 Å². The van der Waals surface area contributed by atoms with Crippen molar-refractivity contribution < 1.29 is 9.72 Å². The van der Waals surface area contributed by atoms with Gasteiger partial charge in [-0.05, 0) is 56.2 Å². The van der Waals surface area contributed by atoms with E-state index in [1.807, 2.05) is 0 Å². The second kappa shape index (κ2) is 8.69. The Morgan fingerprint density at radius 1 is 1.26 bits per heavy atom. The lowest BCUT2D eigenvalue weighted by Gasteiger charge is -2.34. The van der Waals surface area contributed by atoms with Crippen molar-refractivity contribution in [3.05, 3.63) is 33.9 Å². The van der Waals surface area contributed by atoms with Gasteiger partial charge in [0.1, 0.15) is 5.69 Å². The minimum Gasteiger partial charge on any atom is -0.377 e. The predicted octanol–water partition coefficient (Wildman–Crippen LogP) is 3.27. The van der Waals surface area contributed by atoms with Gasteiger partial charge in [0.05, 0.1) is 4.92 Å². The third-order valence-corrected chi connectivity index (χ3v) is 5.27. The molecule has 1 saturated heterocycles. The molecule has 2 N–H and O–H groups in total. The summed E-state index contributed by atoms with van der Waals surface area (Å²) in [6.45, 7) is 8.38. The zero-order chi connectivity index (χ0) is 19.4. The molecule has 7 heteroatoms. The van der Waals surface area contributed by atoms with Gasteiger partial charge >= 0.3 is 0 Å². The van der Waals surface area contributed by atoms with Crippen LogP contribution in [0.4, 0.5) is 11.4 Å². The van der Waals surface area contributed by atoms with Crippen LogP contribution in [0.2, 0.25) is 0 Å². The van der Waals surface area contributed by atoms with Crippen LogP contribution in [-0.4, -0.2) is 48.0 Å². The summed E-state index contributed by atoms with van der Waals surface area (Å²) >= 11 is 0. The smallest absolute Gasteiger partial charge is 0.293 e. The van der Waals surface area contributed by atoms with Gasteiger partial charge in [0.15, 0.2) is 0 Å². The molecule has 1 aromatic rings. The standard InChI is InChI=1S/C20H30N4O3/c1-14-10-15(2)13-23(12-14)9-3-8-21-20(25)16-4-7-18(22-17-5-6-17)19(11-16)24(26)27/h4,7,11,14-15,17,22H,3,5-6,8-10,12-13H2,1-2H3,(H,21,25). The number of nitrogens with one attached hydrogen (secondary N) is 2. The SMILES string of the molecule is CC1CC(C)CN(CCCNC(=O)c2ccc(NC3CC3)c([N+](=O)[O-])c2)C1. The van der Waals surface area contributed by atoms with Crippen molar-refractivity contribution in [1.29, 1.82) is 0 Å². The zero-order valence-corrected chi connectivity index (χ0v) is 16.2. The summed E-state index contributed by atoms with van der Waals surface area (Å²) in [5, 5.41) is 17.4. The normalized spacial score (nSPS) is 23.0. The van der Waals surface area contributed by atoms with Crippen molar-refractivity contribution in [2.45, 2.75) is 45.6 Å². The number of piperidine rings is 1. The summed E-state index contributed by atoms with van der Waals surface area (Å²) in [6, 6.07) is 4.99. The Hall–Kier alpha value is -2.15. The van der Waals surface area contributed by atoms with Crippen molar-refractivity contribution in [3.63, 3.8) is 0 Å². The molecule has 0 bridgehead atoms. The molecule has 1 aliphatic heterocycles. The van der Waals surface area contributed by atoms with E-state index < -0.39 is 4.92 Å². The number of hydrogen-bond acceptors (Lipinski definition) is 5. The zero-order valence-electron chi connectivity index (χ0n) is 16.2. The number of nitro benzene ring substituents is 1. The van der Waals surface area contributed by atoms with Gasteiger partial charge in [-0.15, -0.1) is 0 Å². The highest BCUT2D eigenvalue weighted by Crippen LogP contribution is 2.31. The monoisotopic (exact) mass is 374 g/mol. The number of amides is 1. The number of nitro groups is 1. The summed E-state index contributed by atoms with van der Waals surface area (Å²) in [5.41, 5.74) is 0.793. The third-order valence-electron chi connectivity index (χ3n) is 5.27. The Bertz CT molecular complexity index is 680. The minimum absolute atomic E-state index is 0.0363. The Labute approximate surface area is 160 Å². The Balaban J connectivity index is 1.48. The van der Waals surface area contributed by atoms with Crippen molar-refractivity contribution in [3.8, 4) is 0 Å². The van der Waals surface area contributed by atoms with Crippen LogP contribution in [0.3, 0.4) is 0 Å². The first kappa shape index (κ1) is 19.6. The molecule has 2 atom stereocenters. The van der Waals surface area contributed by atoms with Gasteiger partial charge in [0, 0.05) is 37.3 Å². The predicted molar refractivity (Wildman–Crippen MR) is 106 cm³/mol. The number of anilines is 1. The molecule has 148 valence electrons. The average molecular weight is 374 g/mol. The van der Waals surface area contributed by atoms with Crippen molar-refractivity contribution in [2.75, 3.05) is 31.5 Å². The molecule has 2 aliphatic rings. The maximum atomic E-state index is 12.4. The molecule has 1 amide bonds. The lowest BCUT2D eigenvalue weighted by Crippen LogP contribution is -2.40. The first-order valence-electron chi connectivity index (χ1n) is 9.98. The Morgan fingerprint density at radius 2 is 1.96 bits per heavy atom. The van der Waals surface area contributed by atoms with Crippen LogP contribution in [0.15, 0.2) is 18.2 Å². The maximum Gasteiger partial charge on any atom is 0.293 e. The van der Waals surface area contributed by atoms with Gasteiger partial charge in [-0.1, -0.05) is 13.8 Å². The molecule has 2 fully saturated rings. The lowest BCUT2D eigenvalue weighted by molar-refractivity contribution is -0.384. The second-order valence-corrected chi connectivity index (χ2v) is 8.22. The van der Waals surface area contributed by atoms with Crippen LogP contribution < -0.4 is 10.6 Å². The Morgan fingerprint density at radius 3 is 2.59 bits per heavy atom. The summed E-state index contributed by atoms with van der Waals surface area (Å²) < 4.78 is 0. The van der Waals surface area contributed by atoms with Crippen LogP contribution in [-0.2, 0) is 0 Å². The van der Waals surface area contributed by atoms with Crippen LogP contribution in [0, 0.1) is 22.0 Å². The number of carbonyl (C=O) groups excluding carboxylic acids is 1. The second-order valence-electron chi connectivity index (χ2n) is 8.22. The molecule has 7 nitrogen and oxygen atoms in total. The number of carbonyl (C=O) groups is 1. The topological polar surface area (TPSA) is 87.5 Å². The number of rotatable bonds is 8. The Kier molecular flexibility index (Phi) is 6.31. The fourth-order valence-corrected chi connectivity index (χ4v) is 3.97. The lowest BCUT2D eigenvalue weighted by atomic mass is 9.92. The molecule has 0 aromatic heterocycles. The van der Waals surface area contributed by atoms with E-state index in [0.29, 0.717) is 23.8 Å². The molecule has 27 heavy (non-hydrogen) atoms. The molecule has 2 unspecified atom stereocenters. The molecule has 3 rings (SSSR count). The fraction of sp³-hybridized carbons (Fsp3) is 0.650. The van der Waals surface area contributed by atoms with Crippen LogP contribution in [0.5, 0.6) is 0 Å². The van der Waals surface area contributed by atoms with Gasteiger partial charge in [-0.3, -0.25) is 14.9 Å². The molecule has 0 radical (unpaired) electrons. The molecular formula is C20H30N4O3. The molecule has 1 aromatic carbocycles. The summed E-state index contributed by atoms with van der Waals surface area (Å²) in [4.78, 5) is 25.7. The van der Waals surface area contributed by atoms with E-state index >= 15 is 0 Å². The number of benzene rings is 1. The fourth-order valence-electron chi connectivity index (χ4n) is 3.97. The molecule has 1 saturated carbocycles. The van der Waals surface area contributed by atoms with E-state index in [2.05, 4.69) is 29.4 Å². The van der Waals surface area contributed by atoms with E-state index in [9.17, 15) is 14.9 Å². The number of nitrogens with zero attached hydrogens (tertiary/aromatic N) is 2. The summed E-state index contributed by atoms with van der Waals surface area (Å²) in [7, 11) is 0. The minimum atomic E-state index is -0.430. The maximum absolute atomic E-state index is 12.4. The highest BCUT2D eigenvalue weighted by atomic mass is 16.6. The number of likely N-dealkylation sites (tertiary alicyclic amines) is 1. The highest BCUT2D eigenvalue weighted by Gasteiger charge is 2.25. The molecule has 0 spiro atoms. The first-order valence-corrected chi connectivity index (χ1v) is 9.98. The van der Waals surface area contributed by atoms with Gasteiger partial charge in [0.25, 0.3) is 11.6 Å². The van der Waals surface area contributed by atoms with Gasteiger partial charge in [-0.2, -0.15) is 0 Å². The van der Waals surface area contributed by atoms with Crippen LogP contribution in [0.1, 0.15) is 49.9 Å². The highest BCUT2D eigenvalue weighted by molar-refractivity contribution is 5.95. The van der Waals surface area contributed by atoms with E-state index in [0.717, 1.165) is 50.7 Å². The van der Waals surface area contributed by atoms with E-state index in [4.69, 9.17) is 0 Å². The van der Waals surface area contributed by atoms with Gasteiger partial charge in [0.2, 0.25) is 0 Å². The largest absolute Gasteiger partial charge is 0.377 e. The van der Waals surface area contributed by atoms with Crippen molar-refractivity contribution >= 4 is 17.3 Å². The van der Waals surface area contributed by atoms with Crippen molar-refractivity contribution in [1.82, 2.24) is 10.2 Å². The van der Waals surface area contributed by atoms with Gasteiger partial charge in [-0.25, -0.2) is 0 Å². The molecule has 1 heterocycles. The molecular weight excluding hydrogens is 344 g/mol. The number of hydrogen-bond donors (Lipinski definition) is 2. The summed E-state index contributed by atoms with van der Waals surface area (Å²) in [5.74, 6) is 1.20. The van der Waals surface area contributed by atoms with Gasteiger partial charge < -0.3 is 15.5 Å². The van der Waals surface area contributed by atoms with Crippen LogP contribution >= 0.6 is 0 Å². The van der Waals surface area contributed by atoms with Crippen molar-refractivity contribution in [2.24, 2.45) is 11.8 Å². The van der Waals surface area contributed by atoms with E-state index in [1.165, 1.54) is 12.5 Å². The summed E-state index contributed by atoms with van der Waals surface area (Å²) in [6.07, 6.45) is 4.24. The van der Waals surface area contributed by atoms with E-state index in [-0.39, 0.29) is 11.6 Å². The average Bonchev–Trinajstić information content (AvgIpc) is 3.42. The third kappa shape index (κ3) is 5.66. The quantitative estimate of drug-likeness (QED) is 0.414. The first-order chi connectivity index (χ1) is 12.9. The molecule has 1 aliphatic carbocycles.